The monoisotopic (exact) mass is 509 g/mol. The molecule has 0 atom stereocenters. The van der Waals surface area contributed by atoms with Crippen LogP contribution < -0.4 is 15.1 Å². The number of carbonyl (C=O) groups excluding carboxylic acids is 2. The van der Waals surface area contributed by atoms with Gasteiger partial charge in [-0.3, -0.25) is 9.69 Å². The van der Waals surface area contributed by atoms with Crippen molar-refractivity contribution in [2.45, 2.75) is 44.8 Å². The number of nitriles is 1. The molecule has 1 aliphatic heterocycles. The first-order valence-electron chi connectivity index (χ1n) is 11.6. The summed E-state index contributed by atoms with van der Waals surface area (Å²) >= 11 is 6.06. The van der Waals surface area contributed by atoms with Gasteiger partial charge in [-0.1, -0.05) is 11.6 Å². The van der Waals surface area contributed by atoms with Gasteiger partial charge < -0.3 is 15.0 Å². The highest BCUT2D eigenvalue weighted by Gasteiger charge is 2.52. The van der Waals surface area contributed by atoms with Crippen molar-refractivity contribution >= 4 is 46.1 Å². The number of halogens is 1. The van der Waals surface area contributed by atoms with E-state index in [4.69, 9.17) is 16.3 Å². The number of benzene rings is 1. The van der Waals surface area contributed by atoms with Crippen LogP contribution in [0.5, 0.6) is 0 Å². The summed E-state index contributed by atoms with van der Waals surface area (Å²) < 4.78 is 5.81. The van der Waals surface area contributed by atoms with E-state index in [1.165, 1.54) is 16.1 Å². The van der Waals surface area contributed by atoms with Crippen molar-refractivity contribution in [2.75, 3.05) is 29.4 Å². The zero-order valence-corrected chi connectivity index (χ0v) is 21.2. The average Bonchev–Trinajstić information content (AvgIpc) is 3.32. The Hall–Kier alpha value is -3.68. The fourth-order valence-corrected chi connectivity index (χ4v) is 4.53. The maximum atomic E-state index is 14.5. The van der Waals surface area contributed by atoms with E-state index in [1.54, 1.807) is 57.3 Å². The summed E-state index contributed by atoms with van der Waals surface area (Å²) in [5.41, 5.74) is -1.17. The van der Waals surface area contributed by atoms with Gasteiger partial charge in [0.2, 0.25) is 0 Å². The Balaban J connectivity index is 1.91. The summed E-state index contributed by atoms with van der Waals surface area (Å²) in [6.07, 6.45) is 2.92. The molecule has 0 aliphatic carbocycles. The van der Waals surface area contributed by atoms with Crippen LogP contribution in [0.2, 0.25) is 5.02 Å². The maximum absolute atomic E-state index is 14.5. The first-order chi connectivity index (χ1) is 17.2. The number of nitrogens with zero attached hydrogens (tertiary/aromatic N) is 5. The van der Waals surface area contributed by atoms with E-state index in [-0.39, 0.29) is 25.2 Å². The lowest BCUT2D eigenvalue weighted by molar-refractivity contribution is -0.124. The second kappa shape index (κ2) is 10.1. The SMILES string of the molecule is CC(C)(C)OC(=O)N(c1ncnc2[nH]ccc12)C1(C(=O)N(CC#N)c2ccc(Cl)cc2)CCNCC1. The van der Waals surface area contributed by atoms with Gasteiger partial charge in [0.25, 0.3) is 5.91 Å². The molecule has 4 rings (SSSR count). The minimum absolute atomic E-state index is 0.207. The molecule has 0 spiro atoms. The van der Waals surface area contributed by atoms with E-state index < -0.39 is 23.1 Å². The van der Waals surface area contributed by atoms with Gasteiger partial charge in [0.1, 0.15) is 29.7 Å². The molecule has 0 radical (unpaired) electrons. The Morgan fingerprint density at radius 2 is 1.86 bits per heavy atom. The van der Waals surface area contributed by atoms with Crippen molar-refractivity contribution in [1.29, 1.82) is 5.26 Å². The summed E-state index contributed by atoms with van der Waals surface area (Å²) in [7, 11) is 0. The molecule has 0 bridgehead atoms. The highest BCUT2D eigenvalue weighted by molar-refractivity contribution is 6.30. The number of fused-ring (bicyclic) bond motifs is 1. The van der Waals surface area contributed by atoms with Gasteiger partial charge in [0.05, 0.1) is 11.5 Å². The van der Waals surface area contributed by atoms with Crippen molar-refractivity contribution in [3.05, 3.63) is 47.9 Å². The molecular weight excluding hydrogens is 482 g/mol. The molecule has 2 amide bonds. The molecule has 3 heterocycles. The third-order valence-electron chi connectivity index (χ3n) is 5.99. The van der Waals surface area contributed by atoms with Gasteiger partial charge in [-0.25, -0.2) is 19.7 Å². The van der Waals surface area contributed by atoms with Gasteiger partial charge in [0.15, 0.2) is 5.82 Å². The average molecular weight is 510 g/mol. The van der Waals surface area contributed by atoms with E-state index in [2.05, 4.69) is 26.3 Å². The van der Waals surface area contributed by atoms with Crippen molar-refractivity contribution in [3.63, 3.8) is 0 Å². The smallest absolute Gasteiger partial charge is 0.417 e. The number of carbonyl (C=O) groups is 2. The lowest BCUT2D eigenvalue weighted by atomic mass is 9.84. The molecule has 3 aromatic rings. The molecule has 1 aromatic carbocycles. The summed E-state index contributed by atoms with van der Waals surface area (Å²) in [6, 6.07) is 10.5. The molecule has 1 aliphatic rings. The fourth-order valence-electron chi connectivity index (χ4n) is 4.41. The van der Waals surface area contributed by atoms with E-state index in [9.17, 15) is 14.9 Å². The molecule has 0 saturated carbocycles. The number of rotatable bonds is 5. The second-order valence-electron chi connectivity index (χ2n) is 9.56. The van der Waals surface area contributed by atoms with Crippen LogP contribution in [-0.2, 0) is 9.53 Å². The summed E-state index contributed by atoms with van der Waals surface area (Å²) in [6.45, 7) is 6.05. The van der Waals surface area contributed by atoms with Crippen molar-refractivity contribution in [1.82, 2.24) is 20.3 Å². The molecule has 11 heteroatoms. The molecule has 1 saturated heterocycles. The molecular formula is C25H28ClN7O3. The minimum atomic E-state index is -1.37. The number of aromatic nitrogens is 3. The summed E-state index contributed by atoms with van der Waals surface area (Å²) in [4.78, 5) is 42.8. The Bertz CT molecular complexity index is 1290. The zero-order valence-electron chi connectivity index (χ0n) is 20.4. The number of ether oxygens (including phenoxy) is 1. The first kappa shape index (κ1) is 25.4. The van der Waals surface area contributed by atoms with Crippen molar-refractivity contribution in [3.8, 4) is 6.07 Å². The van der Waals surface area contributed by atoms with Crippen LogP contribution in [0.25, 0.3) is 11.0 Å². The molecule has 2 aromatic heterocycles. The Labute approximate surface area is 214 Å². The fraction of sp³-hybridized carbons (Fsp3) is 0.400. The predicted molar refractivity (Wildman–Crippen MR) is 137 cm³/mol. The van der Waals surface area contributed by atoms with Crippen LogP contribution in [-0.4, -0.2) is 57.7 Å². The lowest BCUT2D eigenvalue weighted by Crippen LogP contribution is -2.66. The van der Waals surface area contributed by atoms with Crippen LogP contribution >= 0.6 is 11.6 Å². The topological polar surface area (TPSA) is 127 Å². The van der Waals surface area contributed by atoms with Crippen LogP contribution in [0.4, 0.5) is 16.3 Å². The number of piperidine rings is 1. The molecule has 36 heavy (non-hydrogen) atoms. The third-order valence-corrected chi connectivity index (χ3v) is 6.24. The van der Waals surface area contributed by atoms with Gasteiger partial charge >= 0.3 is 6.09 Å². The van der Waals surface area contributed by atoms with Gasteiger partial charge in [-0.15, -0.1) is 0 Å². The van der Waals surface area contributed by atoms with Gasteiger partial charge in [-0.05, 0) is 77.0 Å². The van der Waals surface area contributed by atoms with Crippen molar-refractivity contribution < 1.29 is 14.3 Å². The Morgan fingerprint density at radius 1 is 1.17 bits per heavy atom. The van der Waals surface area contributed by atoms with Crippen LogP contribution in [0.3, 0.4) is 0 Å². The number of hydrogen-bond acceptors (Lipinski definition) is 7. The first-order valence-corrected chi connectivity index (χ1v) is 12.0. The maximum Gasteiger partial charge on any atom is 0.417 e. The number of hydrogen-bond donors (Lipinski definition) is 2. The van der Waals surface area contributed by atoms with Gasteiger partial charge in [0, 0.05) is 16.9 Å². The quantitative estimate of drug-likeness (QED) is 0.497. The molecule has 188 valence electrons. The van der Waals surface area contributed by atoms with Crippen LogP contribution in [0, 0.1) is 11.3 Å². The number of aromatic amines is 1. The highest BCUT2D eigenvalue weighted by Crippen LogP contribution is 2.38. The number of anilines is 2. The Morgan fingerprint density at radius 3 is 2.50 bits per heavy atom. The zero-order chi connectivity index (χ0) is 25.9. The van der Waals surface area contributed by atoms with Crippen LogP contribution in [0.15, 0.2) is 42.9 Å². The Kier molecular flexibility index (Phi) is 7.15. The standard InChI is InChI=1S/C25H28ClN7O3/c1-24(2,3)36-23(35)33(21-19-8-12-29-20(19)30-16-31-21)25(9-13-28-14-10-25)22(34)32(15-11-27)18-6-4-17(26)5-7-18/h4-8,12,16,28H,9-10,13-15H2,1-3H3,(H,29,30,31). The van der Waals surface area contributed by atoms with Gasteiger partial charge in [-0.2, -0.15) is 5.26 Å². The highest BCUT2D eigenvalue weighted by atomic mass is 35.5. The number of H-pyrrole nitrogens is 1. The number of nitrogens with one attached hydrogen (secondary N) is 2. The van der Waals surface area contributed by atoms with E-state index in [0.717, 1.165) is 0 Å². The largest absolute Gasteiger partial charge is 0.443 e. The molecule has 2 N–H and O–H groups in total. The van der Waals surface area contributed by atoms with Crippen molar-refractivity contribution in [2.24, 2.45) is 0 Å². The van der Waals surface area contributed by atoms with E-state index >= 15 is 0 Å². The molecule has 0 unspecified atom stereocenters. The normalized spacial score (nSPS) is 15.2. The minimum Gasteiger partial charge on any atom is -0.443 e. The summed E-state index contributed by atoms with van der Waals surface area (Å²) in [5, 5.41) is 14.0. The summed E-state index contributed by atoms with van der Waals surface area (Å²) in [5.74, 6) is -0.139. The third kappa shape index (κ3) is 4.98. The molecule has 1 fully saturated rings. The van der Waals surface area contributed by atoms with Crippen LogP contribution in [0.1, 0.15) is 33.6 Å². The number of amides is 2. The molecule has 10 nitrogen and oxygen atoms in total. The predicted octanol–water partition coefficient (Wildman–Crippen LogP) is 4.03. The second-order valence-corrected chi connectivity index (χ2v) is 10.00. The van der Waals surface area contributed by atoms with E-state index in [1.807, 2.05) is 0 Å². The lowest BCUT2D eigenvalue weighted by Gasteiger charge is -2.46. The van der Waals surface area contributed by atoms with E-state index in [0.29, 0.717) is 34.8 Å².